The molecule has 0 aliphatic rings. The Labute approximate surface area is 127 Å². The van der Waals surface area contributed by atoms with Gasteiger partial charge >= 0.3 is 0 Å². The maximum absolute atomic E-state index is 5.57. The highest BCUT2D eigenvalue weighted by molar-refractivity contribution is 5.79. The number of hydrogen-bond donors (Lipinski definition) is 1. The molecule has 2 aromatic heterocycles. The third-order valence-corrected chi connectivity index (χ3v) is 3.56. The predicted molar refractivity (Wildman–Crippen MR) is 84.2 cm³/mol. The van der Waals surface area contributed by atoms with E-state index >= 15 is 0 Å². The van der Waals surface area contributed by atoms with Crippen LogP contribution in [0.5, 0.6) is 0 Å². The molecular weight excluding hydrogens is 276 g/mol. The van der Waals surface area contributed by atoms with Crippen molar-refractivity contribution in [3.63, 3.8) is 0 Å². The number of nitrogens with one attached hydrogen (secondary N) is 1. The molecule has 0 aliphatic carbocycles. The van der Waals surface area contributed by atoms with Gasteiger partial charge in [0.05, 0.1) is 11.0 Å². The number of aromatic amines is 1. The van der Waals surface area contributed by atoms with Crippen molar-refractivity contribution < 1.29 is 4.42 Å². The molecule has 5 nitrogen and oxygen atoms in total. The Morgan fingerprint density at radius 2 is 1.73 bits per heavy atom. The van der Waals surface area contributed by atoms with Gasteiger partial charge in [-0.3, -0.25) is 0 Å². The first-order valence-electron chi connectivity index (χ1n) is 7.21. The van der Waals surface area contributed by atoms with Gasteiger partial charge in [-0.1, -0.05) is 31.2 Å². The second-order valence-electron chi connectivity index (χ2n) is 5.03. The zero-order valence-corrected chi connectivity index (χ0v) is 12.1. The van der Waals surface area contributed by atoms with E-state index < -0.39 is 0 Å². The molecule has 0 bridgehead atoms. The number of H-pyrrole nitrogens is 1. The number of fused-ring (bicyclic) bond motifs is 1. The lowest BCUT2D eigenvalue weighted by atomic mass is 10.1. The minimum Gasteiger partial charge on any atom is -0.421 e. The van der Waals surface area contributed by atoms with Crippen LogP contribution in [0.25, 0.3) is 33.9 Å². The molecule has 2 aromatic carbocycles. The number of aryl methyl sites for hydroxylation is 1. The van der Waals surface area contributed by atoms with Crippen LogP contribution < -0.4 is 0 Å². The van der Waals surface area contributed by atoms with Crippen molar-refractivity contribution in [2.45, 2.75) is 13.3 Å². The van der Waals surface area contributed by atoms with Gasteiger partial charge in [-0.2, -0.15) is 0 Å². The molecular formula is C17H14N4O. The van der Waals surface area contributed by atoms with E-state index in [1.54, 1.807) is 0 Å². The van der Waals surface area contributed by atoms with E-state index in [1.807, 2.05) is 55.5 Å². The summed E-state index contributed by atoms with van der Waals surface area (Å²) in [6, 6.07) is 15.9. The van der Waals surface area contributed by atoms with Crippen molar-refractivity contribution in [3.05, 3.63) is 54.4 Å². The van der Waals surface area contributed by atoms with Crippen LogP contribution in [-0.2, 0) is 6.42 Å². The molecule has 0 saturated heterocycles. The quantitative estimate of drug-likeness (QED) is 0.622. The Morgan fingerprint density at radius 3 is 2.45 bits per heavy atom. The van der Waals surface area contributed by atoms with Crippen LogP contribution in [-0.4, -0.2) is 20.2 Å². The molecule has 4 aromatic rings. The van der Waals surface area contributed by atoms with Gasteiger partial charge in [0.2, 0.25) is 11.8 Å². The molecule has 0 unspecified atom stereocenters. The van der Waals surface area contributed by atoms with Gasteiger partial charge in [0, 0.05) is 17.5 Å². The lowest BCUT2D eigenvalue weighted by Gasteiger charge is -1.98. The molecule has 22 heavy (non-hydrogen) atoms. The van der Waals surface area contributed by atoms with Crippen molar-refractivity contribution in [1.29, 1.82) is 0 Å². The summed E-state index contributed by atoms with van der Waals surface area (Å²) in [6.45, 7) is 1.99. The van der Waals surface area contributed by atoms with Gasteiger partial charge in [-0.05, 0) is 24.3 Å². The fourth-order valence-corrected chi connectivity index (χ4v) is 2.37. The van der Waals surface area contributed by atoms with Gasteiger partial charge in [-0.15, -0.1) is 10.2 Å². The van der Waals surface area contributed by atoms with Crippen molar-refractivity contribution >= 4 is 11.0 Å². The molecule has 0 amide bonds. The van der Waals surface area contributed by atoms with Gasteiger partial charge in [-0.25, -0.2) is 4.98 Å². The van der Waals surface area contributed by atoms with E-state index in [0.717, 1.165) is 34.4 Å². The number of rotatable bonds is 3. The first kappa shape index (κ1) is 12.8. The first-order chi connectivity index (χ1) is 10.8. The summed E-state index contributed by atoms with van der Waals surface area (Å²) in [7, 11) is 0. The Hall–Kier alpha value is -2.95. The van der Waals surface area contributed by atoms with Crippen LogP contribution in [0.3, 0.4) is 0 Å². The molecule has 2 heterocycles. The van der Waals surface area contributed by atoms with E-state index in [1.165, 1.54) is 0 Å². The van der Waals surface area contributed by atoms with Gasteiger partial charge in [0.1, 0.15) is 5.82 Å². The van der Waals surface area contributed by atoms with Crippen molar-refractivity contribution in [3.8, 4) is 22.8 Å². The van der Waals surface area contributed by atoms with Crippen molar-refractivity contribution in [1.82, 2.24) is 20.2 Å². The van der Waals surface area contributed by atoms with E-state index in [4.69, 9.17) is 4.42 Å². The minimum absolute atomic E-state index is 0.549. The van der Waals surface area contributed by atoms with Gasteiger partial charge < -0.3 is 9.40 Å². The highest BCUT2D eigenvalue weighted by Gasteiger charge is 2.09. The van der Waals surface area contributed by atoms with E-state index in [9.17, 15) is 0 Å². The molecule has 108 valence electrons. The summed E-state index contributed by atoms with van der Waals surface area (Å²) in [5, 5.41) is 8.04. The van der Waals surface area contributed by atoms with Crippen LogP contribution in [0.1, 0.15) is 12.8 Å². The van der Waals surface area contributed by atoms with Crippen LogP contribution in [0.2, 0.25) is 0 Å². The summed E-state index contributed by atoms with van der Waals surface area (Å²) in [5.41, 5.74) is 3.93. The largest absolute Gasteiger partial charge is 0.421 e. The predicted octanol–water partition coefficient (Wildman–Crippen LogP) is 3.84. The molecule has 0 saturated carbocycles. The Morgan fingerprint density at radius 1 is 0.955 bits per heavy atom. The van der Waals surface area contributed by atoms with Gasteiger partial charge in [0.15, 0.2) is 0 Å². The summed E-state index contributed by atoms with van der Waals surface area (Å²) in [5.74, 6) is 2.05. The minimum atomic E-state index is 0.549. The first-order valence-corrected chi connectivity index (χ1v) is 7.21. The number of benzene rings is 2. The van der Waals surface area contributed by atoms with E-state index in [-0.39, 0.29) is 0 Å². The zero-order valence-electron chi connectivity index (χ0n) is 12.1. The van der Waals surface area contributed by atoms with E-state index in [0.29, 0.717) is 11.8 Å². The summed E-state index contributed by atoms with van der Waals surface area (Å²) >= 11 is 0. The fourth-order valence-electron chi connectivity index (χ4n) is 2.37. The topological polar surface area (TPSA) is 67.6 Å². The third kappa shape index (κ3) is 2.16. The molecule has 1 N–H and O–H groups in total. The molecule has 0 aliphatic heterocycles. The average Bonchev–Trinajstić information content (AvgIpc) is 3.21. The summed E-state index contributed by atoms with van der Waals surface area (Å²) in [4.78, 5) is 7.92. The highest BCUT2D eigenvalue weighted by Crippen LogP contribution is 2.24. The van der Waals surface area contributed by atoms with Crippen LogP contribution >= 0.6 is 0 Å². The SMILES string of the molecule is CCc1nnc(-c2ccc(-c3nc4ccccc4[nH]3)cc2)o1. The maximum Gasteiger partial charge on any atom is 0.247 e. The fraction of sp³-hybridized carbons (Fsp3) is 0.118. The number of hydrogen-bond acceptors (Lipinski definition) is 4. The molecule has 5 heteroatoms. The normalized spacial score (nSPS) is 11.1. The molecule has 0 spiro atoms. The molecule has 0 radical (unpaired) electrons. The number of nitrogens with zero attached hydrogens (tertiary/aromatic N) is 3. The molecule has 4 rings (SSSR count). The lowest BCUT2D eigenvalue weighted by molar-refractivity contribution is 0.513. The number of para-hydroxylation sites is 2. The number of imidazole rings is 1. The lowest BCUT2D eigenvalue weighted by Crippen LogP contribution is -1.82. The smallest absolute Gasteiger partial charge is 0.247 e. The Bertz CT molecular complexity index is 888. The van der Waals surface area contributed by atoms with Crippen LogP contribution in [0, 0.1) is 0 Å². The highest BCUT2D eigenvalue weighted by atomic mass is 16.4. The van der Waals surface area contributed by atoms with Crippen LogP contribution in [0.4, 0.5) is 0 Å². The zero-order chi connectivity index (χ0) is 14.9. The second-order valence-corrected chi connectivity index (χ2v) is 5.03. The number of aromatic nitrogens is 4. The Kier molecular flexibility index (Phi) is 2.96. The molecule has 0 atom stereocenters. The Balaban J connectivity index is 1.68. The summed E-state index contributed by atoms with van der Waals surface area (Å²) in [6.07, 6.45) is 0.740. The standard InChI is InChI=1S/C17H14N4O/c1-2-15-20-21-17(22-15)12-9-7-11(8-10-12)16-18-13-5-3-4-6-14(13)19-16/h3-10H,2H2,1H3,(H,18,19). The van der Waals surface area contributed by atoms with Gasteiger partial charge in [0.25, 0.3) is 0 Å². The monoisotopic (exact) mass is 290 g/mol. The summed E-state index contributed by atoms with van der Waals surface area (Å²) < 4.78 is 5.57. The average molecular weight is 290 g/mol. The van der Waals surface area contributed by atoms with E-state index in [2.05, 4.69) is 20.2 Å². The van der Waals surface area contributed by atoms with Crippen LogP contribution in [0.15, 0.2) is 52.9 Å². The molecule has 0 fully saturated rings. The maximum atomic E-state index is 5.57. The third-order valence-electron chi connectivity index (χ3n) is 3.56. The second kappa shape index (κ2) is 5.11. The van der Waals surface area contributed by atoms with Crippen molar-refractivity contribution in [2.24, 2.45) is 0 Å². The van der Waals surface area contributed by atoms with Crippen molar-refractivity contribution in [2.75, 3.05) is 0 Å².